The van der Waals surface area contributed by atoms with Gasteiger partial charge in [0.05, 0.1) is 0 Å². The second kappa shape index (κ2) is 7.08. The van der Waals surface area contributed by atoms with Gasteiger partial charge in [-0.3, -0.25) is 0 Å². The molecule has 0 amide bonds. The molecule has 10 heteroatoms. The van der Waals surface area contributed by atoms with Crippen LogP contribution >= 0.6 is 0 Å². The lowest BCUT2D eigenvalue weighted by molar-refractivity contribution is -0.137. The Balaban J connectivity index is 1.67. The van der Waals surface area contributed by atoms with Gasteiger partial charge in [-0.05, 0) is 24.8 Å². The van der Waals surface area contributed by atoms with Gasteiger partial charge in [-0.25, -0.2) is 15.0 Å². The second-order valence-corrected chi connectivity index (χ2v) is 5.87. The van der Waals surface area contributed by atoms with Crippen LogP contribution in [-0.4, -0.2) is 39.6 Å². The molecule has 0 saturated carbocycles. The smallest absolute Gasteiger partial charge is 0.369 e. The molecule has 0 radical (unpaired) electrons. The first-order valence-electron chi connectivity index (χ1n) is 7.89. The number of nitrogens with two attached hydrogens (primary N) is 1. The maximum atomic E-state index is 13.0. The molecule has 1 saturated heterocycles. The highest BCUT2D eigenvalue weighted by Crippen LogP contribution is 2.33. The average Bonchev–Trinajstić information content (AvgIpc) is 2.60. The number of piperidine rings is 1. The van der Waals surface area contributed by atoms with E-state index in [0.717, 1.165) is 19.4 Å². The largest absolute Gasteiger partial charge is 0.421 e. The van der Waals surface area contributed by atoms with Gasteiger partial charge in [-0.1, -0.05) is 0 Å². The van der Waals surface area contributed by atoms with E-state index in [1.54, 1.807) is 18.5 Å². The Morgan fingerprint density at radius 2 is 2.00 bits per heavy atom. The van der Waals surface area contributed by atoms with Crippen LogP contribution < -0.4 is 16.0 Å². The first-order valence-corrected chi connectivity index (χ1v) is 7.89. The van der Waals surface area contributed by atoms with E-state index in [1.165, 1.54) is 0 Å². The van der Waals surface area contributed by atoms with Gasteiger partial charge >= 0.3 is 6.18 Å². The standard InChI is InChI=1S/C15H18F3N7/c16-15(17,18)11-8-23-13(19)24-12(11)22-7-10-3-1-6-25(9-10)14-20-4-2-5-21-14/h2,4-5,8,10H,1,3,6-7,9H2,(H3,19,22,23,24). The van der Waals surface area contributed by atoms with E-state index in [0.29, 0.717) is 25.2 Å². The molecule has 3 N–H and O–H groups in total. The Kier molecular flexibility index (Phi) is 4.86. The maximum absolute atomic E-state index is 13.0. The van der Waals surface area contributed by atoms with Crippen molar-refractivity contribution in [1.29, 1.82) is 0 Å². The molecule has 0 spiro atoms. The molecule has 134 valence electrons. The fourth-order valence-corrected chi connectivity index (χ4v) is 2.85. The summed E-state index contributed by atoms with van der Waals surface area (Å²) in [6, 6.07) is 1.74. The summed E-state index contributed by atoms with van der Waals surface area (Å²) in [5.74, 6) is 0.302. The van der Waals surface area contributed by atoms with Crippen molar-refractivity contribution >= 4 is 17.7 Å². The summed E-state index contributed by atoms with van der Waals surface area (Å²) < 4.78 is 39.1. The van der Waals surface area contributed by atoms with Crippen LogP contribution in [0.1, 0.15) is 18.4 Å². The van der Waals surface area contributed by atoms with Gasteiger partial charge < -0.3 is 16.0 Å². The molecule has 3 rings (SSSR count). The topological polar surface area (TPSA) is 92.8 Å². The number of nitrogens with zero attached hydrogens (tertiary/aromatic N) is 5. The van der Waals surface area contributed by atoms with E-state index in [4.69, 9.17) is 5.73 Å². The predicted octanol–water partition coefficient (Wildman–Crippen LogP) is 2.20. The number of nitrogens with one attached hydrogen (secondary N) is 1. The van der Waals surface area contributed by atoms with Crippen LogP contribution in [0.15, 0.2) is 24.7 Å². The van der Waals surface area contributed by atoms with Gasteiger partial charge in [0, 0.05) is 38.2 Å². The monoisotopic (exact) mass is 353 g/mol. The number of aromatic nitrogens is 4. The predicted molar refractivity (Wildman–Crippen MR) is 86.9 cm³/mol. The Labute approximate surface area is 142 Å². The normalized spacial score (nSPS) is 18.2. The molecule has 1 fully saturated rings. The molecule has 25 heavy (non-hydrogen) atoms. The molecule has 0 bridgehead atoms. The van der Waals surface area contributed by atoms with Gasteiger partial charge in [-0.2, -0.15) is 18.2 Å². The molecular weight excluding hydrogens is 335 g/mol. The molecular formula is C15H18F3N7. The molecule has 0 aromatic carbocycles. The van der Waals surface area contributed by atoms with E-state index in [1.807, 2.05) is 4.90 Å². The number of hydrogen-bond donors (Lipinski definition) is 2. The van der Waals surface area contributed by atoms with Crippen LogP contribution in [0.25, 0.3) is 0 Å². The van der Waals surface area contributed by atoms with Crippen molar-refractivity contribution in [3.05, 3.63) is 30.2 Å². The lowest BCUT2D eigenvalue weighted by Gasteiger charge is -2.33. The van der Waals surface area contributed by atoms with E-state index in [-0.39, 0.29) is 17.7 Å². The fourth-order valence-electron chi connectivity index (χ4n) is 2.85. The van der Waals surface area contributed by atoms with E-state index in [2.05, 4.69) is 25.3 Å². The highest BCUT2D eigenvalue weighted by atomic mass is 19.4. The summed E-state index contributed by atoms with van der Waals surface area (Å²) in [6.45, 7) is 1.84. The number of nitrogen functional groups attached to an aromatic ring is 1. The van der Waals surface area contributed by atoms with E-state index in [9.17, 15) is 13.2 Å². The van der Waals surface area contributed by atoms with Crippen molar-refractivity contribution in [1.82, 2.24) is 19.9 Å². The Morgan fingerprint density at radius 3 is 2.72 bits per heavy atom. The molecule has 1 unspecified atom stereocenters. The van der Waals surface area contributed by atoms with Crippen LogP contribution in [0.4, 0.5) is 30.9 Å². The van der Waals surface area contributed by atoms with Crippen LogP contribution in [0.2, 0.25) is 0 Å². The summed E-state index contributed by atoms with van der Waals surface area (Å²) in [6.07, 6.45) is 1.33. The minimum atomic E-state index is -4.54. The van der Waals surface area contributed by atoms with Crippen LogP contribution in [-0.2, 0) is 6.18 Å². The number of anilines is 3. The third-order valence-electron chi connectivity index (χ3n) is 4.02. The number of alkyl halides is 3. The second-order valence-electron chi connectivity index (χ2n) is 5.87. The van der Waals surface area contributed by atoms with Gasteiger partial charge in [0.1, 0.15) is 11.4 Å². The van der Waals surface area contributed by atoms with Gasteiger partial charge in [0.2, 0.25) is 11.9 Å². The third kappa shape index (κ3) is 4.25. The van der Waals surface area contributed by atoms with E-state index < -0.39 is 11.7 Å². The highest BCUT2D eigenvalue weighted by Gasteiger charge is 2.35. The first-order chi connectivity index (χ1) is 11.9. The van der Waals surface area contributed by atoms with Crippen LogP contribution in [0, 0.1) is 5.92 Å². The zero-order valence-electron chi connectivity index (χ0n) is 13.4. The summed E-state index contributed by atoms with van der Waals surface area (Å²) in [7, 11) is 0. The molecule has 2 aromatic rings. The van der Waals surface area contributed by atoms with Crippen molar-refractivity contribution in [2.75, 3.05) is 35.6 Å². The molecule has 3 heterocycles. The zero-order valence-corrected chi connectivity index (χ0v) is 13.4. The lowest BCUT2D eigenvalue weighted by Crippen LogP contribution is -2.39. The van der Waals surface area contributed by atoms with E-state index >= 15 is 0 Å². The fraction of sp³-hybridized carbons (Fsp3) is 0.467. The van der Waals surface area contributed by atoms with Crippen molar-refractivity contribution in [2.24, 2.45) is 5.92 Å². The molecule has 7 nitrogen and oxygen atoms in total. The number of hydrogen-bond acceptors (Lipinski definition) is 7. The molecule has 1 aliphatic rings. The lowest BCUT2D eigenvalue weighted by atomic mass is 9.98. The quantitative estimate of drug-likeness (QED) is 0.870. The van der Waals surface area contributed by atoms with Crippen molar-refractivity contribution in [2.45, 2.75) is 19.0 Å². The van der Waals surface area contributed by atoms with Crippen molar-refractivity contribution < 1.29 is 13.2 Å². The molecule has 2 aromatic heterocycles. The van der Waals surface area contributed by atoms with Crippen LogP contribution in [0.5, 0.6) is 0 Å². The Hall–Kier alpha value is -2.65. The summed E-state index contributed by atoms with van der Waals surface area (Å²) in [5, 5.41) is 2.78. The molecule has 1 aliphatic heterocycles. The molecule has 1 atom stereocenters. The Morgan fingerprint density at radius 1 is 1.24 bits per heavy atom. The first kappa shape index (κ1) is 17.2. The minimum absolute atomic E-state index is 0.148. The summed E-state index contributed by atoms with van der Waals surface area (Å²) in [4.78, 5) is 17.6. The summed E-state index contributed by atoms with van der Waals surface area (Å²) >= 11 is 0. The van der Waals surface area contributed by atoms with Crippen LogP contribution in [0.3, 0.4) is 0 Å². The SMILES string of the molecule is Nc1ncc(C(F)(F)F)c(NCC2CCCN(c3ncccn3)C2)n1. The third-order valence-corrected chi connectivity index (χ3v) is 4.02. The minimum Gasteiger partial charge on any atom is -0.369 e. The molecule has 0 aliphatic carbocycles. The number of halogens is 3. The number of rotatable bonds is 4. The van der Waals surface area contributed by atoms with Gasteiger partial charge in [0.25, 0.3) is 0 Å². The highest BCUT2D eigenvalue weighted by molar-refractivity contribution is 5.47. The zero-order chi connectivity index (χ0) is 17.9. The van der Waals surface area contributed by atoms with Gasteiger partial charge in [-0.15, -0.1) is 0 Å². The summed E-state index contributed by atoms with van der Waals surface area (Å²) in [5.41, 5.74) is 4.51. The maximum Gasteiger partial charge on any atom is 0.421 e. The van der Waals surface area contributed by atoms with Crippen molar-refractivity contribution in [3.63, 3.8) is 0 Å². The van der Waals surface area contributed by atoms with Gasteiger partial charge in [0.15, 0.2) is 0 Å². The van der Waals surface area contributed by atoms with Crippen molar-refractivity contribution in [3.8, 4) is 0 Å². The average molecular weight is 353 g/mol. The Bertz CT molecular complexity index is 708.